The molecule has 4 heteroatoms. The van der Waals surface area contributed by atoms with Gasteiger partial charge in [0, 0.05) is 10.9 Å². The predicted octanol–water partition coefficient (Wildman–Crippen LogP) is 2.98. The van der Waals surface area contributed by atoms with Crippen LogP contribution < -0.4 is 4.74 Å². The van der Waals surface area contributed by atoms with Gasteiger partial charge in [-0.3, -0.25) is 0 Å². The number of rotatable bonds is 5. The van der Waals surface area contributed by atoms with E-state index in [9.17, 15) is 0 Å². The Hall–Kier alpha value is -0.580. The van der Waals surface area contributed by atoms with E-state index in [1.54, 1.807) is 0 Å². The lowest BCUT2D eigenvalue weighted by molar-refractivity contribution is -0.0492. The number of hydrogen-bond acceptors (Lipinski definition) is 3. The summed E-state index contributed by atoms with van der Waals surface area (Å²) in [4.78, 5) is 0. The van der Waals surface area contributed by atoms with Crippen LogP contribution in [0.25, 0.3) is 0 Å². The molecule has 0 bridgehead atoms. The van der Waals surface area contributed by atoms with Crippen molar-refractivity contribution in [1.82, 2.24) is 0 Å². The highest BCUT2D eigenvalue weighted by molar-refractivity contribution is 9.10. The highest BCUT2D eigenvalue weighted by Gasteiger charge is 2.14. The van der Waals surface area contributed by atoms with Crippen LogP contribution >= 0.6 is 15.9 Å². The van der Waals surface area contributed by atoms with E-state index in [-0.39, 0.29) is 6.29 Å². The third kappa shape index (κ3) is 3.77. The third-order valence-corrected chi connectivity index (χ3v) is 2.83. The first kappa shape index (κ1) is 11.9. The Kier molecular flexibility index (Phi) is 4.63. The lowest BCUT2D eigenvalue weighted by Gasteiger charge is -2.09. The zero-order valence-corrected chi connectivity index (χ0v) is 10.6. The quantitative estimate of drug-likeness (QED) is 0.779. The van der Waals surface area contributed by atoms with Gasteiger partial charge < -0.3 is 14.2 Å². The van der Waals surface area contributed by atoms with Gasteiger partial charge in [-0.05, 0) is 24.6 Å². The average molecular weight is 287 g/mol. The molecule has 3 nitrogen and oxygen atoms in total. The van der Waals surface area contributed by atoms with Crippen molar-refractivity contribution in [3.63, 3.8) is 0 Å². The molecular weight excluding hydrogens is 272 g/mol. The van der Waals surface area contributed by atoms with Crippen molar-refractivity contribution in [2.24, 2.45) is 0 Å². The Morgan fingerprint density at radius 2 is 2.12 bits per heavy atom. The molecule has 0 spiro atoms. The molecule has 0 atom stereocenters. The molecule has 1 fully saturated rings. The van der Waals surface area contributed by atoms with E-state index in [4.69, 9.17) is 14.2 Å². The zero-order valence-electron chi connectivity index (χ0n) is 9.02. The molecule has 1 aliphatic rings. The Labute approximate surface area is 104 Å². The van der Waals surface area contributed by atoms with Crippen molar-refractivity contribution in [1.29, 1.82) is 0 Å². The topological polar surface area (TPSA) is 27.7 Å². The summed E-state index contributed by atoms with van der Waals surface area (Å²) in [5.41, 5.74) is 0. The van der Waals surface area contributed by atoms with Crippen LogP contribution in [-0.4, -0.2) is 26.1 Å². The van der Waals surface area contributed by atoms with Crippen molar-refractivity contribution in [3.05, 3.63) is 28.7 Å². The zero-order chi connectivity index (χ0) is 11.2. The molecular formula is C12H15BrO3. The first-order valence-electron chi connectivity index (χ1n) is 5.46. The molecule has 0 aromatic heterocycles. The van der Waals surface area contributed by atoms with Gasteiger partial charge in [-0.25, -0.2) is 0 Å². The average Bonchev–Trinajstić information content (AvgIpc) is 2.77. The molecule has 0 radical (unpaired) electrons. The largest absolute Gasteiger partial charge is 0.494 e. The van der Waals surface area contributed by atoms with Crippen molar-refractivity contribution < 1.29 is 14.2 Å². The van der Waals surface area contributed by atoms with Crippen LogP contribution in [0.4, 0.5) is 0 Å². The van der Waals surface area contributed by atoms with Gasteiger partial charge in [-0.1, -0.05) is 22.0 Å². The monoisotopic (exact) mass is 286 g/mol. The second-order valence-electron chi connectivity index (χ2n) is 3.62. The molecule has 1 aromatic carbocycles. The van der Waals surface area contributed by atoms with Gasteiger partial charge >= 0.3 is 0 Å². The van der Waals surface area contributed by atoms with E-state index in [1.807, 2.05) is 24.3 Å². The summed E-state index contributed by atoms with van der Waals surface area (Å²) in [6, 6.07) is 7.85. The summed E-state index contributed by atoms with van der Waals surface area (Å²) in [5, 5.41) is 0. The summed E-state index contributed by atoms with van der Waals surface area (Å²) >= 11 is 3.40. The Bertz CT molecular complexity index is 324. The maximum Gasteiger partial charge on any atom is 0.157 e. The molecule has 1 aliphatic heterocycles. The van der Waals surface area contributed by atoms with Crippen molar-refractivity contribution in [2.75, 3.05) is 19.8 Å². The summed E-state index contributed by atoms with van der Waals surface area (Å²) in [5.74, 6) is 0.891. The van der Waals surface area contributed by atoms with Crippen LogP contribution in [0.2, 0.25) is 0 Å². The molecule has 0 N–H and O–H groups in total. The molecule has 0 aliphatic carbocycles. The minimum Gasteiger partial charge on any atom is -0.494 e. The Morgan fingerprint density at radius 3 is 2.88 bits per heavy atom. The Morgan fingerprint density at radius 1 is 1.31 bits per heavy atom. The summed E-state index contributed by atoms with van der Waals surface area (Å²) < 4.78 is 17.3. The van der Waals surface area contributed by atoms with Gasteiger partial charge in [0.05, 0.1) is 19.8 Å². The SMILES string of the molecule is Brc1cccc(OCCCC2OCCO2)c1. The van der Waals surface area contributed by atoms with E-state index in [1.165, 1.54) is 0 Å². The molecule has 0 unspecified atom stereocenters. The predicted molar refractivity (Wildman–Crippen MR) is 64.6 cm³/mol. The molecule has 1 saturated heterocycles. The van der Waals surface area contributed by atoms with Crippen molar-refractivity contribution >= 4 is 15.9 Å². The highest BCUT2D eigenvalue weighted by atomic mass is 79.9. The van der Waals surface area contributed by atoms with Gasteiger partial charge in [-0.15, -0.1) is 0 Å². The van der Waals surface area contributed by atoms with Crippen LogP contribution in [0.5, 0.6) is 5.75 Å². The van der Waals surface area contributed by atoms with Crippen molar-refractivity contribution in [2.45, 2.75) is 19.1 Å². The van der Waals surface area contributed by atoms with E-state index in [0.717, 1.165) is 36.3 Å². The molecule has 1 heterocycles. The maximum absolute atomic E-state index is 5.61. The number of ether oxygens (including phenoxy) is 3. The smallest absolute Gasteiger partial charge is 0.157 e. The molecule has 0 saturated carbocycles. The number of benzene rings is 1. The first-order valence-corrected chi connectivity index (χ1v) is 6.25. The fraction of sp³-hybridized carbons (Fsp3) is 0.500. The normalized spacial score (nSPS) is 16.6. The summed E-state index contributed by atoms with van der Waals surface area (Å²) in [7, 11) is 0. The lowest BCUT2D eigenvalue weighted by Crippen LogP contribution is -2.09. The van der Waals surface area contributed by atoms with E-state index >= 15 is 0 Å². The van der Waals surface area contributed by atoms with Crippen LogP contribution in [-0.2, 0) is 9.47 Å². The second kappa shape index (κ2) is 6.23. The standard InChI is InChI=1S/C12H15BrO3/c13-10-3-1-4-11(9-10)14-6-2-5-12-15-7-8-16-12/h1,3-4,9,12H,2,5-8H2. The summed E-state index contributed by atoms with van der Waals surface area (Å²) in [6.45, 7) is 2.13. The fourth-order valence-corrected chi connectivity index (χ4v) is 1.95. The van der Waals surface area contributed by atoms with Crippen LogP contribution in [0.1, 0.15) is 12.8 Å². The van der Waals surface area contributed by atoms with Crippen LogP contribution in [0.15, 0.2) is 28.7 Å². The van der Waals surface area contributed by atoms with Gasteiger partial charge in [0.15, 0.2) is 6.29 Å². The van der Waals surface area contributed by atoms with E-state index in [2.05, 4.69) is 15.9 Å². The minimum absolute atomic E-state index is 0.0221. The molecule has 88 valence electrons. The van der Waals surface area contributed by atoms with Crippen LogP contribution in [0, 0.1) is 0 Å². The fourth-order valence-electron chi connectivity index (χ4n) is 1.57. The van der Waals surface area contributed by atoms with Crippen LogP contribution in [0.3, 0.4) is 0 Å². The Balaban J connectivity index is 1.64. The number of hydrogen-bond donors (Lipinski definition) is 0. The minimum atomic E-state index is -0.0221. The van der Waals surface area contributed by atoms with Gasteiger partial charge in [-0.2, -0.15) is 0 Å². The third-order valence-electron chi connectivity index (χ3n) is 2.34. The molecule has 0 amide bonds. The first-order chi connectivity index (χ1) is 7.84. The second-order valence-corrected chi connectivity index (χ2v) is 4.53. The summed E-state index contributed by atoms with van der Waals surface area (Å²) in [6.07, 6.45) is 1.82. The van der Waals surface area contributed by atoms with E-state index in [0.29, 0.717) is 6.61 Å². The molecule has 1 aromatic rings. The van der Waals surface area contributed by atoms with Crippen molar-refractivity contribution in [3.8, 4) is 5.75 Å². The lowest BCUT2D eigenvalue weighted by atomic mass is 10.3. The molecule has 16 heavy (non-hydrogen) atoms. The van der Waals surface area contributed by atoms with Gasteiger partial charge in [0.1, 0.15) is 5.75 Å². The highest BCUT2D eigenvalue weighted by Crippen LogP contribution is 2.18. The number of halogens is 1. The van der Waals surface area contributed by atoms with Gasteiger partial charge in [0.25, 0.3) is 0 Å². The maximum atomic E-state index is 5.61. The molecule has 2 rings (SSSR count). The van der Waals surface area contributed by atoms with E-state index < -0.39 is 0 Å². The van der Waals surface area contributed by atoms with Gasteiger partial charge in [0.2, 0.25) is 0 Å².